The molecule has 1 aromatic rings. The van der Waals surface area contributed by atoms with Gasteiger partial charge >= 0.3 is 0 Å². The second-order valence-electron chi connectivity index (χ2n) is 4.96. The quantitative estimate of drug-likeness (QED) is 0.848. The zero-order valence-corrected chi connectivity index (χ0v) is 12.4. The number of nitrogens with zero attached hydrogens (tertiary/aromatic N) is 3. The summed E-state index contributed by atoms with van der Waals surface area (Å²) in [7, 11) is 0. The van der Waals surface area contributed by atoms with E-state index in [1.165, 1.54) is 6.42 Å². The Morgan fingerprint density at radius 3 is 2.84 bits per heavy atom. The van der Waals surface area contributed by atoms with Gasteiger partial charge in [-0.05, 0) is 30.8 Å². The second kappa shape index (κ2) is 6.89. The Hall–Kier alpha value is -1.10. The lowest BCUT2D eigenvalue weighted by atomic mass is 9.99. The van der Waals surface area contributed by atoms with Crippen LogP contribution in [0.15, 0.2) is 12.4 Å². The van der Waals surface area contributed by atoms with Gasteiger partial charge in [0.05, 0.1) is 5.56 Å². The number of piperidine rings is 1. The molecule has 2 heterocycles. The summed E-state index contributed by atoms with van der Waals surface area (Å²) >= 11 is 1.86. The molecule has 1 saturated heterocycles. The molecule has 104 valence electrons. The van der Waals surface area contributed by atoms with Crippen molar-refractivity contribution in [2.45, 2.75) is 26.2 Å². The molecule has 1 aliphatic heterocycles. The summed E-state index contributed by atoms with van der Waals surface area (Å²) in [6, 6.07) is 0. The van der Waals surface area contributed by atoms with Crippen molar-refractivity contribution in [1.29, 1.82) is 0 Å². The molecule has 0 aliphatic carbocycles. The van der Waals surface area contributed by atoms with Crippen LogP contribution < -0.4 is 0 Å². The van der Waals surface area contributed by atoms with Gasteiger partial charge in [-0.15, -0.1) is 0 Å². The van der Waals surface area contributed by atoms with Crippen molar-refractivity contribution in [1.82, 2.24) is 14.9 Å². The molecule has 0 radical (unpaired) electrons. The largest absolute Gasteiger partial charge is 0.338 e. The topological polar surface area (TPSA) is 46.1 Å². The maximum atomic E-state index is 12.4. The van der Waals surface area contributed by atoms with Gasteiger partial charge < -0.3 is 4.90 Å². The van der Waals surface area contributed by atoms with Crippen LogP contribution in [0.2, 0.25) is 0 Å². The Labute approximate surface area is 119 Å². The van der Waals surface area contributed by atoms with Crippen molar-refractivity contribution >= 4 is 17.7 Å². The van der Waals surface area contributed by atoms with E-state index < -0.39 is 0 Å². The molecule has 0 bridgehead atoms. The maximum Gasteiger partial charge on any atom is 0.257 e. The maximum absolute atomic E-state index is 12.4. The van der Waals surface area contributed by atoms with Crippen molar-refractivity contribution in [3.05, 3.63) is 23.8 Å². The molecular formula is C14H21N3OS. The van der Waals surface area contributed by atoms with E-state index in [4.69, 9.17) is 0 Å². The number of likely N-dealkylation sites (tertiary alicyclic amines) is 1. The standard InChI is InChI=1S/C14H21N3OS/c1-3-13-15-7-12(8-16-13)14(18)17-6-4-5-11(9-17)10-19-2/h7-8,11H,3-6,9-10H2,1-2H3/t11-/m0/s1. The van der Waals surface area contributed by atoms with E-state index in [1.807, 2.05) is 23.6 Å². The Bertz CT molecular complexity index is 419. The van der Waals surface area contributed by atoms with Crippen LogP contribution in [0.5, 0.6) is 0 Å². The lowest BCUT2D eigenvalue weighted by Crippen LogP contribution is -2.40. The van der Waals surface area contributed by atoms with E-state index in [9.17, 15) is 4.79 Å². The fourth-order valence-corrected chi connectivity index (χ4v) is 3.20. The molecule has 0 saturated carbocycles. The van der Waals surface area contributed by atoms with Crippen molar-refractivity contribution < 1.29 is 4.79 Å². The van der Waals surface area contributed by atoms with Crippen LogP contribution >= 0.6 is 11.8 Å². The second-order valence-corrected chi connectivity index (χ2v) is 5.87. The smallest absolute Gasteiger partial charge is 0.257 e. The van der Waals surface area contributed by atoms with E-state index in [0.29, 0.717) is 11.5 Å². The van der Waals surface area contributed by atoms with E-state index in [1.54, 1.807) is 12.4 Å². The van der Waals surface area contributed by atoms with Gasteiger partial charge in [-0.25, -0.2) is 9.97 Å². The number of carbonyl (C=O) groups excluding carboxylic acids is 1. The van der Waals surface area contributed by atoms with Gasteiger partial charge in [-0.2, -0.15) is 11.8 Å². The third-order valence-electron chi connectivity index (χ3n) is 3.48. The zero-order chi connectivity index (χ0) is 13.7. The number of hydrogen-bond acceptors (Lipinski definition) is 4. The minimum Gasteiger partial charge on any atom is -0.338 e. The first-order chi connectivity index (χ1) is 9.24. The monoisotopic (exact) mass is 279 g/mol. The lowest BCUT2D eigenvalue weighted by Gasteiger charge is -2.32. The highest BCUT2D eigenvalue weighted by molar-refractivity contribution is 7.98. The fraction of sp³-hybridized carbons (Fsp3) is 0.643. The summed E-state index contributed by atoms with van der Waals surface area (Å²) in [6.07, 6.45) is 8.57. The van der Waals surface area contributed by atoms with Crippen molar-refractivity contribution in [2.75, 3.05) is 25.1 Å². The van der Waals surface area contributed by atoms with Crippen LogP contribution in [0.25, 0.3) is 0 Å². The number of amides is 1. The third-order valence-corrected chi connectivity index (χ3v) is 4.28. The van der Waals surface area contributed by atoms with Gasteiger partial charge in [0.25, 0.3) is 5.91 Å². The molecule has 1 atom stereocenters. The van der Waals surface area contributed by atoms with Crippen LogP contribution in [0, 0.1) is 5.92 Å². The van der Waals surface area contributed by atoms with Gasteiger partial charge in [-0.3, -0.25) is 4.79 Å². The summed E-state index contributed by atoms with van der Waals surface area (Å²) in [5.41, 5.74) is 0.613. The fourth-order valence-electron chi connectivity index (χ4n) is 2.45. The summed E-state index contributed by atoms with van der Waals surface area (Å²) in [4.78, 5) is 22.8. The Kier molecular flexibility index (Phi) is 5.19. The molecule has 0 spiro atoms. The number of carbonyl (C=O) groups is 1. The molecule has 0 unspecified atom stereocenters. The van der Waals surface area contributed by atoms with E-state index in [0.717, 1.165) is 37.5 Å². The first-order valence-corrected chi connectivity index (χ1v) is 8.23. The van der Waals surface area contributed by atoms with E-state index >= 15 is 0 Å². The first-order valence-electron chi connectivity index (χ1n) is 6.83. The van der Waals surface area contributed by atoms with Crippen molar-refractivity contribution in [3.8, 4) is 0 Å². The van der Waals surface area contributed by atoms with Gasteiger partial charge in [0.1, 0.15) is 5.82 Å². The summed E-state index contributed by atoms with van der Waals surface area (Å²) < 4.78 is 0. The van der Waals surface area contributed by atoms with Crippen molar-refractivity contribution in [2.24, 2.45) is 5.92 Å². The molecule has 1 aliphatic rings. The minimum absolute atomic E-state index is 0.0773. The van der Waals surface area contributed by atoms with Crippen molar-refractivity contribution in [3.63, 3.8) is 0 Å². The number of aromatic nitrogens is 2. The summed E-state index contributed by atoms with van der Waals surface area (Å²) in [5, 5.41) is 0. The zero-order valence-electron chi connectivity index (χ0n) is 11.6. The SMILES string of the molecule is CCc1ncc(C(=O)N2CCC[C@H](CSC)C2)cn1. The van der Waals surface area contributed by atoms with Gasteiger partial charge in [0.2, 0.25) is 0 Å². The van der Waals surface area contributed by atoms with Crippen LogP contribution in [-0.4, -0.2) is 45.9 Å². The molecule has 1 fully saturated rings. The molecule has 0 N–H and O–H groups in total. The van der Waals surface area contributed by atoms with E-state index in [-0.39, 0.29) is 5.91 Å². The normalized spacial score (nSPS) is 19.5. The van der Waals surface area contributed by atoms with Crippen LogP contribution in [0.1, 0.15) is 35.9 Å². The van der Waals surface area contributed by atoms with Crippen LogP contribution in [-0.2, 0) is 6.42 Å². The van der Waals surface area contributed by atoms with Gasteiger partial charge in [0.15, 0.2) is 0 Å². The lowest BCUT2D eigenvalue weighted by molar-refractivity contribution is 0.0684. The Balaban J connectivity index is 2.01. The van der Waals surface area contributed by atoms with Crippen LogP contribution in [0.3, 0.4) is 0 Å². The average Bonchev–Trinajstić information content (AvgIpc) is 2.47. The van der Waals surface area contributed by atoms with Gasteiger partial charge in [-0.1, -0.05) is 6.92 Å². The van der Waals surface area contributed by atoms with E-state index in [2.05, 4.69) is 16.2 Å². The Morgan fingerprint density at radius 2 is 2.21 bits per heavy atom. The highest BCUT2D eigenvalue weighted by Gasteiger charge is 2.24. The molecule has 1 aromatic heterocycles. The molecule has 5 heteroatoms. The number of hydrogen-bond donors (Lipinski definition) is 0. The molecule has 4 nitrogen and oxygen atoms in total. The predicted molar refractivity (Wildman–Crippen MR) is 78.4 cm³/mol. The number of aryl methyl sites for hydroxylation is 1. The average molecular weight is 279 g/mol. The minimum atomic E-state index is 0.0773. The molecule has 0 aromatic carbocycles. The molecular weight excluding hydrogens is 258 g/mol. The summed E-state index contributed by atoms with van der Waals surface area (Å²) in [6.45, 7) is 3.74. The number of thioether (sulfide) groups is 1. The number of rotatable bonds is 4. The summed E-state index contributed by atoms with van der Waals surface area (Å²) in [5.74, 6) is 2.63. The Morgan fingerprint density at radius 1 is 1.47 bits per heavy atom. The highest BCUT2D eigenvalue weighted by Crippen LogP contribution is 2.21. The molecule has 19 heavy (non-hydrogen) atoms. The predicted octanol–water partition coefficient (Wildman–Crippen LogP) is 2.25. The highest BCUT2D eigenvalue weighted by atomic mass is 32.2. The molecule has 1 amide bonds. The molecule has 2 rings (SSSR count). The van der Waals surface area contributed by atoms with Gasteiger partial charge in [0, 0.05) is 31.9 Å². The third kappa shape index (κ3) is 3.69. The van der Waals surface area contributed by atoms with Crippen LogP contribution in [0.4, 0.5) is 0 Å². The first kappa shape index (κ1) is 14.3.